The van der Waals surface area contributed by atoms with Gasteiger partial charge in [0.25, 0.3) is 0 Å². The molecule has 0 aromatic rings. The predicted octanol–water partition coefficient (Wildman–Crippen LogP) is 0.768. The molecule has 0 aliphatic rings. The molecule has 0 saturated carbocycles. The molecular weight excluding hydrogens is 210 g/mol. The number of ether oxygens (including phenoxy) is 4. The van der Waals surface area contributed by atoms with Crippen LogP contribution in [0.4, 0.5) is 0 Å². The van der Waals surface area contributed by atoms with Crippen LogP contribution in [0.3, 0.4) is 0 Å². The van der Waals surface area contributed by atoms with E-state index >= 15 is 0 Å². The fraction of sp³-hybridized carbons (Fsp3) is 1.00. The number of hydrogen-bond donors (Lipinski definition) is 1. The minimum atomic E-state index is -0.216. The van der Waals surface area contributed by atoms with Crippen LogP contribution in [0.5, 0.6) is 0 Å². The van der Waals surface area contributed by atoms with E-state index in [1.165, 1.54) is 0 Å². The van der Waals surface area contributed by atoms with Crippen LogP contribution in [0.15, 0.2) is 0 Å². The first-order valence-electron chi connectivity index (χ1n) is 5.90. The minimum absolute atomic E-state index is 0.216. The van der Waals surface area contributed by atoms with E-state index in [9.17, 15) is 0 Å². The Morgan fingerprint density at radius 3 is 1.94 bits per heavy atom. The van der Waals surface area contributed by atoms with Crippen molar-refractivity contribution in [2.45, 2.75) is 26.6 Å². The molecule has 5 nitrogen and oxygen atoms in total. The van der Waals surface area contributed by atoms with E-state index in [0.29, 0.717) is 39.6 Å². The van der Waals surface area contributed by atoms with Crippen molar-refractivity contribution < 1.29 is 18.9 Å². The van der Waals surface area contributed by atoms with Gasteiger partial charge in [-0.25, -0.2) is 0 Å². The van der Waals surface area contributed by atoms with Gasteiger partial charge in [-0.2, -0.15) is 0 Å². The van der Waals surface area contributed by atoms with Crippen molar-refractivity contribution in [3.8, 4) is 0 Å². The molecule has 16 heavy (non-hydrogen) atoms. The van der Waals surface area contributed by atoms with Gasteiger partial charge in [0.2, 0.25) is 0 Å². The predicted molar refractivity (Wildman–Crippen MR) is 62.3 cm³/mol. The largest absolute Gasteiger partial charge is 0.379 e. The Balaban J connectivity index is 3.09. The smallest absolute Gasteiger partial charge is 0.155 e. The van der Waals surface area contributed by atoms with Gasteiger partial charge >= 0.3 is 0 Å². The van der Waals surface area contributed by atoms with Gasteiger partial charge in [-0.1, -0.05) is 6.92 Å². The van der Waals surface area contributed by atoms with E-state index in [1.807, 2.05) is 6.92 Å². The maximum absolute atomic E-state index is 5.37. The average Bonchev–Trinajstić information content (AvgIpc) is 2.28. The van der Waals surface area contributed by atoms with Gasteiger partial charge in [0.15, 0.2) is 6.29 Å². The highest BCUT2D eigenvalue weighted by Gasteiger charge is 2.01. The Morgan fingerprint density at radius 2 is 1.44 bits per heavy atom. The SMILES string of the molecule is CCCOCCOC(C)OCCOCCN. The molecule has 0 radical (unpaired) electrons. The second-order valence-electron chi connectivity index (χ2n) is 3.32. The Labute approximate surface area is 98.2 Å². The summed E-state index contributed by atoms with van der Waals surface area (Å²) in [6.07, 6.45) is 0.816. The Kier molecular flexibility index (Phi) is 12.7. The molecule has 0 rings (SSSR count). The third kappa shape index (κ3) is 11.9. The van der Waals surface area contributed by atoms with Gasteiger partial charge < -0.3 is 24.7 Å². The van der Waals surface area contributed by atoms with E-state index in [2.05, 4.69) is 6.92 Å². The van der Waals surface area contributed by atoms with Crippen LogP contribution in [0.1, 0.15) is 20.3 Å². The van der Waals surface area contributed by atoms with Crippen molar-refractivity contribution in [3.05, 3.63) is 0 Å². The van der Waals surface area contributed by atoms with Gasteiger partial charge in [0, 0.05) is 13.2 Å². The molecule has 98 valence electrons. The number of hydrogen-bond acceptors (Lipinski definition) is 5. The highest BCUT2D eigenvalue weighted by molar-refractivity contribution is 4.37. The van der Waals surface area contributed by atoms with Gasteiger partial charge in [-0.3, -0.25) is 0 Å². The molecule has 1 unspecified atom stereocenters. The zero-order valence-corrected chi connectivity index (χ0v) is 10.4. The molecule has 0 aliphatic carbocycles. The maximum atomic E-state index is 5.37. The highest BCUT2D eigenvalue weighted by atomic mass is 16.7. The van der Waals surface area contributed by atoms with Crippen molar-refractivity contribution >= 4 is 0 Å². The fourth-order valence-corrected chi connectivity index (χ4v) is 1.03. The van der Waals surface area contributed by atoms with E-state index in [1.54, 1.807) is 0 Å². The third-order valence-corrected chi connectivity index (χ3v) is 1.77. The summed E-state index contributed by atoms with van der Waals surface area (Å²) in [5.41, 5.74) is 5.27. The van der Waals surface area contributed by atoms with Crippen molar-refractivity contribution in [2.75, 3.05) is 46.2 Å². The lowest BCUT2D eigenvalue weighted by atomic mass is 10.5. The van der Waals surface area contributed by atoms with Crippen LogP contribution in [-0.2, 0) is 18.9 Å². The maximum Gasteiger partial charge on any atom is 0.155 e. The number of nitrogens with two attached hydrogens (primary N) is 1. The molecule has 0 spiro atoms. The number of rotatable bonds is 12. The molecular formula is C11H25NO4. The van der Waals surface area contributed by atoms with Crippen molar-refractivity contribution in [2.24, 2.45) is 5.73 Å². The van der Waals surface area contributed by atoms with Gasteiger partial charge in [0.1, 0.15) is 0 Å². The van der Waals surface area contributed by atoms with Gasteiger partial charge in [-0.05, 0) is 13.3 Å². The summed E-state index contributed by atoms with van der Waals surface area (Å²) in [7, 11) is 0. The molecule has 0 aromatic heterocycles. The van der Waals surface area contributed by atoms with E-state index in [-0.39, 0.29) is 6.29 Å². The highest BCUT2D eigenvalue weighted by Crippen LogP contribution is 1.93. The summed E-state index contributed by atoms with van der Waals surface area (Å²) < 4.78 is 21.2. The lowest BCUT2D eigenvalue weighted by molar-refractivity contribution is -0.146. The van der Waals surface area contributed by atoms with Crippen LogP contribution in [0.25, 0.3) is 0 Å². The first kappa shape index (κ1) is 15.8. The van der Waals surface area contributed by atoms with Crippen LogP contribution in [0.2, 0.25) is 0 Å². The lowest BCUT2D eigenvalue weighted by Crippen LogP contribution is -2.19. The second kappa shape index (κ2) is 12.9. The van der Waals surface area contributed by atoms with Gasteiger partial charge in [0.05, 0.1) is 33.0 Å². The molecule has 0 fully saturated rings. The normalized spacial score (nSPS) is 12.9. The molecule has 0 amide bonds. The van der Waals surface area contributed by atoms with Crippen molar-refractivity contribution in [3.63, 3.8) is 0 Å². The monoisotopic (exact) mass is 235 g/mol. The summed E-state index contributed by atoms with van der Waals surface area (Å²) in [5.74, 6) is 0. The second-order valence-corrected chi connectivity index (χ2v) is 3.32. The molecule has 0 aliphatic heterocycles. The Morgan fingerprint density at radius 1 is 0.875 bits per heavy atom. The van der Waals surface area contributed by atoms with Gasteiger partial charge in [-0.15, -0.1) is 0 Å². The molecule has 0 heterocycles. The summed E-state index contributed by atoms with van der Waals surface area (Å²) in [6, 6.07) is 0. The first-order chi connectivity index (χ1) is 7.81. The topological polar surface area (TPSA) is 62.9 Å². The zero-order valence-electron chi connectivity index (χ0n) is 10.4. The summed E-state index contributed by atoms with van der Waals surface area (Å²) in [6.45, 7) is 8.09. The average molecular weight is 235 g/mol. The quantitative estimate of drug-likeness (QED) is 0.400. The summed E-state index contributed by atoms with van der Waals surface area (Å²) in [4.78, 5) is 0. The van der Waals surface area contributed by atoms with Crippen molar-refractivity contribution in [1.82, 2.24) is 0 Å². The molecule has 0 saturated heterocycles. The van der Waals surface area contributed by atoms with Crippen LogP contribution in [0, 0.1) is 0 Å². The first-order valence-corrected chi connectivity index (χ1v) is 5.90. The molecule has 2 N–H and O–H groups in total. The van der Waals surface area contributed by atoms with Crippen LogP contribution >= 0.6 is 0 Å². The Bertz CT molecular complexity index is 121. The summed E-state index contributed by atoms with van der Waals surface area (Å²) >= 11 is 0. The molecule has 5 heteroatoms. The van der Waals surface area contributed by atoms with Crippen molar-refractivity contribution in [1.29, 1.82) is 0 Å². The van der Waals surface area contributed by atoms with E-state index < -0.39 is 0 Å². The third-order valence-electron chi connectivity index (χ3n) is 1.77. The minimum Gasteiger partial charge on any atom is -0.379 e. The molecule has 1 atom stereocenters. The molecule has 0 bridgehead atoms. The van der Waals surface area contributed by atoms with Crippen LogP contribution < -0.4 is 5.73 Å². The standard InChI is InChI=1S/C11H25NO4/c1-3-5-13-7-9-15-11(2)16-10-8-14-6-4-12/h11H,3-10,12H2,1-2H3. The molecule has 0 aromatic carbocycles. The lowest BCUT2D eigenvalue weighted by Gasteiger charge is -2.14. The summed E-state index contributed by atoms with van der Waals surface area (Å²) in [5, 5.41) is 0. The zero-order chi connectivity index (χ0) is 12.1. The van der Waals surface area contributed by atoms with E-state index in [4.69, 9.17) is 24.7 Å². The fourth-order valence-electron chi connectivity index (χ4n) is 1.03. The van der Waals surface area contributed by atoms with Crippen LogP contribution in [-0.4, -0.2) is 52.5 Å². The Hall–Kier alpha value is -0.200. The van der Waals surface area contributed by atoms with E-state index in [0.717, 1.165) is 13.0 Å².